The summed E-state index contributed by atoms with van der Waals surface area (Å²) in [6, 6.07) is 4.43. The van der Waals surface area contributed by atoms with E-state index >= 15 is 0 Å². The lowest BCUT2D eigenvalue weighted by molar-refractivity contribution is 0.0309. The largest absolute Gasteiger partial charge is 0.490 e. The van der Waals surface area contributed by atoms with Crippen LogP contribution in [0.2, 0.25) is 0 Å². The molecule has 3 rings (SSSR count). The van der Waals surface area contributed by atoms with Crippen molar-refractivity contribution in [2.24, 2.45) is 0 Å². The van der Waals surface area contributed by atoms with Gasteiger partial charge in [-0.2, -0.15) is 0 Å². The number of benzene rings is 1. The predicted octanol–water partition coefficient (Wildman–Crippen LogP) is 2.89. The normalized spacial score (nSPS) is 23.1. The molecule has 1 aliphatic carbocycles. The van der Waals surface area contributed by atoms with E-state index in [-0.39, 0.29) is 19.3 Å². The highest BCUT2D eigenvalue weighted by Gasteiger charge is 2.25. The molecule has 1 fully saturated rings. The number of ether oxygens (including phenoxy) is 3. The van der Waals surface area contributed by atoms with E-state index in [1.807, 2.05) is 6.92 Å². The van der Waals surface area contributed by atoms with Crippen LogP contribution in [0.5, 0.6) is 5.75 Å². The van der Waals surface area contributed by atoms with Gasteiger partial charge in [0.05, 0.1) is 6.61 Å². The minimum Gasteiger partial charge on any atom is -0.490 e. The number of aryl methyl sites for hydroxylation is 2. The molecule has 3 unspecified atom stereocenters. The van der Waals surface area contributed by atoms with Gasteiger partial charge in [0, 0.05) is 5.92 Å². The van der Waals surface area contributed by atoms with Crippen LogP contribution in [0.3, 0.4) is 0 Å². The minimum atomic E-state index is -0.741. The molecule has 148 valence electrons. The first-order valence-corrected chi connectivity index (χ1v) is 9.58. The van der Waals surface area contributed by atoms with E-state index in [2.05, 4.69) is 39.0 Å². The first-order chi connectivity index (χ1) is 12.9. The van der Waals surface area contributed by atoms with E-state index in [1.165, 1.54) is 11.1 Å². The van der Waals surface area contributed by atoms with Crippen LogP contribution in [0.25, 0.3) is 0 Å². The Morgan fingerprint density at radius 2 is 1.85 bits per heavy atom. The third-order valence-corrected chi connectivity index (χ3v) is 5.11. The third kappa shape index (κ3) is 4.92. The van der Waals surface area contributed by atoms with E-state index < -0.39 is 6.10 Å². The van der Waals surface area contributed by atoms with Crippen LogP contribution in [0.1, 0.15) is 42.9 Å². The molecule has 5 heteroatoms. The van der Waals surface area contributed by atoms with Crippen LogP contribution < -0.4 is 4.74 Å². The van der Waals surface area contributed by atoms with Crippen molar-refractivity contribution in [2.45, 2.75) is 52.2 Å². The van der Waals surface area contributed by atoms with Crippen LogP contribution in [0.4, 0.5) is 0 Å². The van der Waals surface area contributed by atoms with Gasteiger partial charge in [0.15, 0.2) is 12.7 Å². The second kappa shape index (κ2) is 8.46. The minimum absolute atomic E-state index is 0.0441. The molecule has 0 spiro atoms. The quantitative estimate of drug-likeness (QED) is 0.560. The van der Waals surface area contributed by atoms with Crippen molar-refractivity contribution >= 4 is 0 Å². The lowest BCUT2D eigenvalue weighted by atomic mass is 9.84. The average molecular weight is 375 g/mol. The fraction of sp³-hybridized carbons (Fsp3) is 0.545. The zero-order chi connectivity index (χ0) is 19.6. The van der Waals surface area contributed by atoms with Crippen molar-refractivity contribution in [2.75, 3.05) is 26.4 Å². The van der Waals surface area contributed by atoms with Crippen molar-refractivity contribution in [3.05, 3.63) is 51.8 Å². The van der Waals surface area contributed by atoms with Crippen LogP contribution >= 0.6 is 0 Å². The summed E-state index contributed by atoms with van der Waals surface area (Å²) in [6.07, 6.45) is 2.64. The molecule has 1 aromatic carbocycles. The van der Waals surface area contributed by atoms with Gasteiger partial charge in [-0.05, 0) is 62.0 Å². The maximum Gasteiger partial charge on any atom is 0.173 e. The highest BCUT2D eigenvalue weighted by molar-refractivity contribution is 5.47. The maximum atomic E-state index is 9.59. The lowest BCUT2D eigenvalue weighted by Gasteiger charge is -2.26. The van der Waals surface area contributed by atoms with Gasteiger partial charge >= 0.3 is 0 Å². The summed E-state index contributed by atoms with van der Waals surface area (Å²) in [5.41, 5.74) is 5.85. The van der Waals surface area contributed by atoms with Crippen molar-refractivity contribution in [1.29, 1.82) is 0 Å². The zero-order valence-corrected chi connectivity index (χ0v) is 16.7. The number of rotatable bonds is 8. The summed E-state index contributed by atoms with van der Waals surface area (Å²) in [7, 11) is 0. The summed E-state index contributed by atoms with van der Waals surface area (Å²) in [6.45, 7) is 9.87. The number of allylic oxidation sites excluding steroid dienone is 3. The Morgan fingerprint density at radius 1 is 1.19 bits per heavy atom. The lowest BCUT2D eigenvalue weighted by Crippen LogP contribution is -2.20. The molecule has 1 heterocycles. The van der Waals surface area contributed by atoms with Crippen LogP contribution in [-0.4, -0.2) is 48.8 Å². The Kier molecular flexibility index (Phi) is 6.25. The summed E-state index contributed by atoms with van der Waals surface area (Å²) in [4.78, 5) is 0. The Bertz CT molecular complexity index is 722. The second-order valence-electron chi connectivity index (χ2n) is 7.69. The van der Waals surface area contributed by atoms with Crippen molar-refractivity contribution < 1.29 is 24.4 Å². The summed E-state index contributed by atoms with van der Waals surface area (Å²) < 4.78 is 17.0. The van der Waals surface area contributed by atoms with E-state index in [9.17, 15) is 5.11 Å². The molecule has 3 N–H and O–H groups in total. The van der Waals surface area contributed by atoms with Crippen LogP contribution in [0.15, 0.2) is 35.1 Å². The Hall–Kier alpha value is -1.82. The highest BCUT2D eigenvalue weighted by atomic mass is 16.6. The van der Waals surface area contributed by atoms with Crippen molar-refractivity contribution in [3.63, 3.8) is 0 Å². The summed E-state index contributed by atoms with van der Waals surface area (Å²) >= 11 is 0. The van der Waals surface area contributed by atoms with Crippen LogP contribution in [0, 0.1) is 13.8 Å². The molecule has 0 amide bonds. The molecule has 0 radical (unpaired) electrons. The molecule has 3 atom stereocenters. The van der Waals surface area contributed by atoms with Crippen molar-refractivity contribution in [3.8, 4) is 5.75 Å². The fourth-order valence-electron chi connectivity index (χ4n) is 3.65. The summed E-state index contributed by atoms with van der Waals surface area (Å²) in [5, 5.41) is 16.8. The first kappa shape index (κ1) is 19.9. The topological polar surface area (TPSA) is 74.1 Å². The van der Waals surface area contributed by atoms with Gasteiger partial charge in [-0.25, -0.2) is 0 Å². The van der Waals surface area contributed by atoms with Gasteiger partial charge in [0.25, 0.3) is 0 Å². The Balaban J connectivity index is 1.73. The standard InChI is InChI=1S/C22H30O5/c1-13-5-17(6-14(2)21(13)26-10-19(24)9-23)18-7-15(3)22(16(4)8-18)27-12-20-11-25-20/h5,7-8,17,19-20,23-24H,6,9-12H2,1-4H3/p+1. The average Bonchev–Trinajstić information content (AvgIpc) is 3.44. The summed E-state index contributed by atoms with van der Waals surface area (Å²) in [5.74, 6) is 2.12. The van der Waals surface area contributed by atoms with Gasteiger partial charge in [0.1, 0.15) is 30.8 Å². The molecule has 1 saturated heterocycles. The van der Waals surface area contributed by atoms with Gasteiger partial charge < -0.3 is 24.4 Å². The number of aliphatic hydroxyl groups excluding tert-OH is 1. The Labute approximate surface area is 161 Å². The Morgan fingerprint density at radius 3 is 2.41 bits per heavy atom. The molecular weight excluding hydrogens is 344 g/mol. The molecule has 0 aromatic heterocycles. The SMILES string of the molecule is CC1=CC(c2cc(C)c(OCC3CO3)c(C)c2)CC(C)=C1OCC(O)C[OH2+]. The van der Waals surface area contributed by atoms with Crippen LogP contribution in [-0.2, 0) is 9.47 Å². The number of hydrogen-bond acceptors (Lipinski definition) is 4. The van der Waals surface area contributed by atoms with Gasteiger partial charge in [-0.1, -0.05) is 18.2 Å². The first-order valence-electron chi connectivity index (χ1n) is 9.58. The van der Waals surface area contributed by atoms with Gasteiger partial charge in [-0.15, -0.1) is 0 Å². The smallest absolute Gasteiger partial charge is 0.173 e. The number of aliphatic hydroxyl groups is 1. The molecule has 1 aromatic rings. The van der Waals surface area contributed by atoms with E-state index in [1.54, 1.807) is 0 Å². The van der Waals surface area contributed by atoms with Crippen molar-refractivity contribution in [1.82, 2.24) is 0 Å². The van der Waals surface area contributed by atoms with E-state index in [0.29, 0.717) is 12.5 Å². The monoisotopic (exact) mass is 375 g/mol. The number of hydrogen-bond donors (Lipinski definition) is 1. The highest BCUT2D eigenvalue weighted by Crippen LogP contribution is 2.38. The molecule has 1 aliphatic heterocycles. The zero-order valence-electron chi connectivity index (χ0n) is 16.7. The molecule has 27 heavy (non-hydrogen) atoms. The van der Waals surface area contributed by atoms with E-state index in [4.69, 9.17) is 19.3 Å². The maximum absolute atomic E-state index is 9.59. The molecule has 2 aliphatic rings. The van der Waals surface area contributed by atoms with Gasteiger partial charge in [-0.3, -0.25) is 0 Å². The predicted molar refractivity (Wildman–Crippen MR) is 105 cm³/mol. The third-order valence-electron chi connectivity index (χ3n) is 5.11. The fourth-order valence-corrected chi connectivity index (χ4v) is 3.65. The molecular formula is C22H31O5+. The molecule has 5 nitrogen and oxygen atoms in total. The number of epoxide rings is 1. The molecule has 0 saturated carbocycles. The van der Waals surface area contributed by atoms with E-state index in [0.717, 1.165) is 41.2 Å². The second-order valence-corrected chi connectivity index (χ2v) is 7.69. The van der Waals surface area contributed by atoms with Gasteiger partial charge in [0.2, 0.25) is 0 Å². The molecule has 0 bridgehead atoms.